The van der Waals surface area contributed by atoms with Gasteiger partial charge in [-0.15, -0.1) is 0 Å². The van der Waals surface area contributed by atoms with Gasteiger partial charge in [0.25, 0.3) is 0 Å². The van der Waals surface area contributed by atoms with Gasteiger partial charge in [0.2, 0.25) is 5.91 Å². The number of benzene rings is 1. The largest absolute Gasteiger partial charge is 0.389 e. The molecule has 2 unspecified atom stereocenters. The van der Waals surface area contributed by atoms with Crippen LogP contribution in [0.2, 0.25) is 0 Å². The van der Waals surface area contributed by atoms with Crippen molar-refractivity contribution in [1.82, 2.24) is 0 Å². The zero-order valence-electron chi connectivity index (χ0n) is 10.7. The third-order valence-corrected chi connectivity index (χ3v) is 3.29. The van der Waals surface area contributed by atoms with Crippen LogP contribution in [-0.4, -0.2) is 24.1 Å². The fourth-order valence-corrected chi connectivity index (χ4v) is 2.38. The summed E-state index contributed by atoms with van der Waals surface area (Å²) < 4.78 is 0. The van der Waals surface area contributed by atoms with E-state index in [2.05, 4.69) is 10.0 Å². The summed E-state index contributed by atoms with van der Waals surface area (Å²) >= 11 is 0. The van der Waals surface area contributed by atoms with Crippen LogP contribution in [0.1, 0.15) is 25.0 Å². The topological polar surface area (TPSA) is 89.3 Å². The van der Waals surface area contributed by atoms with Crippen molar-refractivity contribution < 1.29 is 9.90 Å². The number of amides is 1. The maximum atomic E-state index is 12.0. The van der Waals surface area contributed by atoms with Crippen molar-refractivity contribution in [2.45, 2.75) is 19.4 Å². The predicted octanol–water partition coefficient (Wildman–Crippen LogP) is 2.40. The summed E-state index contributed by atoms with van der Waals surface area (Å²) in [5.41, 5.74) is 9.80. The van der Waals surface area contributed by atoms with Crippen molar-refractivity contribution in [1.29, 1.82) is 0 Å². The Morgan fingerprint density at radius 1 is 1.58 bits per heavy atom. The van der Waals surface area contributed by atoms with E-state index in [-0.39, 0.29) is 11.8 Å². The average molecular weight is 260 g/mol. The SMILES string of the molecule is CC(O)c1ccccc1N1CC(CN=[N+]=[N-])CC1=O. The second-order valence-electron chi connectivity index (χ2n) is 4.72. The van der Waals surface area contributed by atoms with E-state index < -0.39 is 6.10 Å². The lowest BCUT2D eigenvalue weighted by molar-refractivity contribution is -0.117. The van der Waals surface area contributed by atoms with Gasteiger partial charge in [-0.1, -0.05) is 23.3 Å². The van der Waals surface area contributed by atoms with Crippen molar-refractivity contribution in [3.05, 3.63) is 40.3 Å². The molecule has 1 N–H and O–H groups in total. The summed E-state index contributed by atoms with van der Waals surface area (Å²) in [6, 6.07) is 7.32. The van der Waals surface area contributed by atoms with Crippen molar-refractivity contribution in [2.75, 3.05) is 18.0 Å². The normalized spacial score (nSPS) is 20.2. The maximum Gasteiger partial charge on any atom is 0.227 e. The molecule has 1 fully saturated rings. The molecule has 1 aromatic carbocycles. The van der Waals surface area contributed by atoms with Crippen LogP contribution in [0.5, 0.6) is 0 Å². The number of azide groups is 1. The van der Waals surface area contributed by atoms with E-state index in [4.69, 9.17) is 5.53 Å². The zero-order chi connectivity index (χ0) is 13.8. The number of aliphatic hydroxyl groups excluding tert-OH is 1. The molecule has 0 spiro atoms. The fourth-order valence-electron chi connectivity index (χ4n) is 2.38. The van der Waals surface area contributed by atoms with Gasteiger partial charge >= 0.3 is 0 Å². The molecular formula is C13H16N4O2. The second-order valence-corrected chi connectivity index (χ2v) is 4.72. The minimum atomic E-state index is -0.625. The number of carbonyl (C=O) groups is 1. The molecule has 1 saturated heterocycles. The number of rotatable bonds is 4. The molecule has 6 nitrogen and oxygen atoms in total. The van der Waals surface area contributed by atoms with Gasteiger partial charge in [-0.3, -0.25) is 4.79 Å². The summed E-state index contributed by atoms with van der Waals surface area (Å²) in [6.07, 6.45) is -0.243. The molecule has 0 radical (unpaired) electrons. The van der Waals surface area contributed by atoms with E-state index in [1.807, 2.05) is 24.3 Å². The highest BCUT2D eigenvalue weighted by Gasteiger charge is 2.31. The number of aliphatic hydroxyl groups is 1. The first-order chi connectivity index (χ1) is 9.13. The molecule has 19 heavy (non-hydrogen) atoms. The Balaban J connectivity index is 2.23. The molecule has 1 aliphatic rings. The van der Waals surface area contributed by atoms with Gasteiger partial charge in [0, 0.05) is 35.7 Å². The van der Waals surface area contributed by atoms with Crippen LogP contribution in [0, 0.1) is 5.92 Å². The molecule has 1 aromatic rings. The zero-order valence-corrected chi connectivity index (χ0v) is 10.7. The monoisotopic (exact) mass is 260 g/mol. The first-order valence-corrected chi connectivity index (χ1v) is 6.21. The lowest BCUT2D eigenvalue weighted by Gasteiger charge is -2.21. The van der Waals surface area contributed by atoms with Crippen molar-refractivity contribution in [2.24, 2.45) is 11.0 Å². The molecule has 1 aliphatic heterocycles. The van der Waals surface area contributed by atoms with Gasteiger partial charge in [0.1, 0.15) is 0 Å². The number of hydrogen-bond donors (Lipinski definition) is 1. The minimum Gasteiger partial charge on any atom is -0.389 e. The van der Waals surface area contributed by atoms with Gasteiger partial charge in [-0.2, -0.15) is 0 Å². The number of hydrogen-bond acceptors (Lipinski definition) is 3. The van der Waals surface area contributed by atoms with Crippen LogP contribution in [0.25, 0.3) is 10.4 Å². The molecule has 0 aromatic heterocycles. The van der Waals surface area contributed by atoms with Crippen LogP contribution in [0.15, 0.2) is 29.4 Å². The van der Waals surface area contributed by atoms with Crippen molar-refractivity contribution in [3.8, 4) is 0 Å². The number of para-hydroxylation sites is 1. The second kappa shape index (κ2) is 5.73. The first kappa shape index (κ1) is 13.4. The molecule has 0 bridgehead atoms. The van der Waals surface area contributed by atoms with Gasteiger partial charge in [-0.05, 0) is 24.4 Å². The maximum absolute atomic E-state index is 12.0. The van der Waals surface area contributed by atoms with Gasteiger partial charge in [0.15, 0.2) is 0 Å². The Labute approximate surface area is 111 Å². The van der Waals surface area contributed by atoms with E-state index >= 15 is 0 Å². The van der Waals surface area contributed by atoms with Gasteiger partial charge < -0.3 is 10.0 Å². The smallest absolute Gasteiger partial charge is 0.227 e. The van der Waals surface area contributed by atoms with Crippen LogP contribution >= 0.6 is 0 Å². The minimum absolute atomic E-state index is 0.00578. The highest BCUT2D eigenvalue weighted by Crippen LogP contribution is 2.31. The third kappa shape index (κ3) is 2.86. The highest BCUT2D eigenvalue weighted by molar-refractivity contribution is 5.96. The molecule has 100 valence electrons. The average Bonchev–Trinajstić information content (AvgIpc) is 2.77. The molecule has 1 heterocycles. The Morgan fingerprint density at radius 2 is 2.32 bits per heavy atom. The van der Waals surface area contributed by atoms with E-state index in [0.717, 1.165) is 11.3 Å². The summed E-state index contributed by atoms with van der Waals surface area (Å²) in [5.74, 6) is 0.0525. The molecule has 2 rings (SSSR count). The third-order valence-electron chi connectivity index (χ3n) is 3.29. The molecule has 0 saturated carbocycles. The first-order valence-electron chi connectivity index (χ1n) is 6.21. The molecule has 1 amide bonds. The summed E-state index contributed by atoms with van der Waals surface area (Å²) in [7, 11) is 0. The standard InChI is InChI=1S/C13H16N4O2/c1-9(18)11-4-2-3-5-12(11)17-8-10(6-13(17)19)7-15-16-14/h2-5,9-10,18H,6-8H2,1H3. The van der Waals surface area contributed by atoms with E-state index in [1.54, 1.807) is 11.8 Å². The molecule has 6 heteroatoms. The summed E-state index contributed by atoms with van der Waals surface area (Å²) in [5, 5.41) is 13.3. The molecular weight excluding hydrogens is 244 g/mol. The van der Waals surface area contributed by atoms with E-state index in [0.29, 0.717) is 19.5 Å². The predicted molar refractivity (Wildman–Crippen MR) is 71.5 cm³/mol. The Kier molecular flexibility index (Phi) is 4.04. The number of carbonyl (C=O) groups excluding carboxylic acids is 1. The lowest BCUT2D eigenvalue weighted by Crippen LogP contribution is -2.26. The fraction of sp³-hybridized carbons (Fsp3) is 0.462. The number of anilines is 1. The van der Waals surface area contributed by atoms with Crippen LogP contribution < -0.4 is 4.90 Å². The Morgan fingerprint density at radius 3 is 3.00 bits per heavy atom. The van der Waals surface area contributed by atoms with Gasteiger partial charge in [-0.25, -0.2) is 0 Å². The van der Waals surface area contributed by atoms with Crippen LogP contribution in [-0.2, 0) is 4.79 Å². The molecule has 0 aliphatic carbocycles. The van der Waals surface area contributed by atoms with Crippen molar-refractivity contribution in [3.63, 3.8) is 0 Å². The van der Waals surface area contributed by atoms with E-state index in [1.165, 1.54) is 0 Å². The molecule has 2 atom stereocenters. The quantitative estimate of drug-likeness (QED) is 0.511. The highest BCUT2D eigenvalue weighted by atomic mass is 16.3. The summed E-state index contributed by atoms with van der Waals surface area (Å²) in [6.45, 7) is 2.54. The van der Waals surface area contributed by atoms with Crippen LogP contribution in [0.3, 0.4) is 0 Å². The lowest BCUT2D eigenvalue weighted by atomic mass is 10.1. The number of nitrogens with zero attached hydrogens (tertiary/aromatic N) is 4. The summed E-state index contributed by atoms with van der Waals surface area (Å²) in [4.78, 5) is 16.4. The Bertz CT molecular complexity index is 523. The van der Waals surface area contributed by atoms with Crippen molar-refractivity contribution >= 4 is 11.6 Å². The van der Waals surface area contributed by atoms with Gasteiger partial charge in [0.05, 0.1) is 6.10 Å². The van der Waals surface area contributed by atoms with E-state index in [9.17, 15) is 9.90 Å². The Hall–Kier alpha value is -2.04. The van der Waals surface area contributed by atoms with Crippen LogP contribution in [0.4, 0.5) is 5.69 Å².